The van der Waals surface area contributed by atoms with Gasteiger partial charge in [0.2, 0.25) is 5.88 Å². The quantitative estimate of drug-likeness (QED) is 0.235. The van der Waals surface area contributed by atoms with E-state index < -0.39 is 15.6 Å². The zero-order valence-electron chi connectivity index (χ0n) is 20.2. The van der Waals surface area contributed by atoms with Crippen LogP contribution in [-0.4, -0.2) is 8.42 Å². The molecule has 182 valence electrons. The van der Waals surface area contributed by atoms with Crippen molar-refractivity contribution >= 4 is 26.7 Å². The topological polar surface area (TPSA) is 67.6 Å². The Hall–Kier alpha value is -3.38. The van der Waals surface area contributed by atoms with Crippen molar-refractivity contribution in [2.75, 3.05) is 4.31 Å². The zero-order chi connectivity index (χ0) is 24.8. The average molecular weight is 490 g/mol. The van der Waals surface area contributed by atoms with Gasteiger partial charge in [0.25, 0.3) is 10.0 Å². The smallest absolute Gasteiger partial charge is 0.345 e. The summed E-state index contributed by atoms with van der Waals surface area (Å²) in [5.41, 5.74) is 1.98. The molecule has 0 saturated heterocycles. The Balaban J connectivity index is 1.92. The second-order valence-corrected chi connectivity index (χ2v) is 10.7. The Labute approximate surface area is 207 Å². The fourth-order valence-corrected chi connectivity index (χ4v) is 5.69. The molecule has 0 fully saturated rings. The second kappa shape index (κ2) is 10.9. The minimum Gasteiger partial charge on any atom is -0.405 e. The molecule has 0 atom stereocenters. The first kappa shape index (κ1) is 24.7. The summed E-state index contributed by atoms with van der Waals surface area (Å²) in [5.74, 6) is 0.106. The van der Waals surface area contributed by atoms with Crippen LogP contribution < -0.4 is 9.93 Å². The lowest BCUT2D eigenvalue weighted by atomic mass is 10.0. The summed E-state index contributed by atoms with van der Waals surface area (Å²) in [7, 11) is -4.01. The molecule has 6 heteroatoms. The van der Waals surface area contributed by atoms with Crippen molar-refractivity contribution in [3.8, 4) is 0 Å². The third kappa shape index (κ3) is 5.49. The molecule has 35 heavy (non-hydrogen) atoms. The Kier molecular flexibility index (Phi) is 7.71. The van der Waals surface area contributed by atoms with Crippen molar-refractivity contribution in [2.24, 2.45) is 0 Å². The highest BCUT2D eigenvalue weighted by molar-refractivity contribution is 7.92. The van der Waals surface area contributed by atoms with Crippen LogP contribution in [0.3, 0.4) is 0 Å². The SMILES string of the molecule is CCCCCCc1c(N(Cc2ccccc2)S(=O)(=O)c2ccc(C)cc2)oc(=O)c2ccccc12. The Morgan fingerprint density at radius 1 is 0.800 bits per heavy atom. The van der Waals surface area contributed by atoms with Crippen LogP contribution in [0.5, 0.6) is 0 Å². The molecule has 4 rings (SSSR count). The van der Waals surface area contributed by atoms with Gasteiger partial charge in [-0.2, -0.15) is 0 Å². The number of benzene rings is 3. The molecule has 0 saturated carbocycles. The van der Waals surface area contributed by atoms with Gasteiger partial charge >= 0.3 is 5.63 Å². The normalized spacial score (nSPS) is 11.6. The summed E-state index contributed by atoms with van der Waals surface area (Å²) >= 11 is 0. The molecule has 3 aromatic carbocycles. The lowest BCUT2D eigenvalue weighted by Gasteiger charge is -2.26. The van der Waals surface area contributed by atoms with Crippen LogP contribution in [0.1, 0.15) is 49.3 Å². The second-order valence-electron chi connectivity index (χ2n) is 8.84. The van der Waals surface area contributed by atoms with E-state index in [0.29, 0.717) is 11.8 Å². The van der Waals surface area contributed by atoms with Gasteiger partial charge in [-0.25, -0.2) is 17.5 Å². The van der Waals surface area contributed by atoms with E-state index >= 15 is 0 Å². The lowest BCUT2D eigenvalue weighted by molar-refractivity contribution is 0.506. The molecule has 0 amide bonds. The van der Waals surface area contributed by atoms with Crippen LogP contribution in [0.15, 0.2) is 93.0 Å². The highest BCUT2D eigenvalue weighted by Crippen LogP contribution is 2.33. The molecule has 0 spiro atoms. The predicted octanol–water partition coefficient (Wildman–Crippen LogP) is 6.62. The van der Waals surface area contributed by atoms with E-state index in [1.165, 1.54) is 4.31 Å². The third-order valence-electron chi connectivity index (χ3n) is 6.20. The van der Waals surface area contributed by atoms with E-state index in [-0.39, 0.29) is 17.3 Å². The fraction of sp³-hybridized carbons (Fsp3) is 0.276. The van der Waals surface area contributed by atoms with Gasteiger partial charge in [-0.15, -0.1) is 0 Å². The maximum Gasteiger partial charge on any atom is 0.345 e. The number of hydrogen-bond acceptors (Lipinski definition) is 4. The van der Waals surface area contributed by atoms with Gasteiger partial charge in [0.1, 0.15) is 0 Å². The van der Waals surface area contributed by atoms with E-state index in [0.717, 1.165) is 47.8 Å². The number of anilines is 1. The largest absolute Gasteiger partial charge is 0.405 e. The number of aryl methyl sites for hydroxylation is 2. The Bertz CT molecular complexity index is 1440. The van der Waals surface area contributed by atoms with Crippen LogP contribution in [0.25, 0.3) is 10.8 Å². The molecule has 0 radical (unpaired) electrons. The van der Waals surface area contributed by atoms with Gasteiger partial charge in [-0.05, 0) is 48.9 Å². The van der Waals surface area contributed by atoms with Crippen molar-refractivity contribution < 1.29 is 12.8 Å². The highest BCUT2D eigenvalue weighted by atomic mass is 32.2. The van der Waals surface area contributed by atoms with Crippen molar-refractivity contribution in [2.45, 2.75) is 57.4 Å². The molecule has 0 aliphatic carbocycles. The first-order valence-electron chi connectivity index (χ1n) is 12.1. The highest BCUT2D eigenvalue weighted by Gasteiger charge is 2.30. The molecule has 0 bridgehead atoms. The Morgan fingerprint density at radius 2 is 1.46 bits per heavy atom. The number of fused-ring (bicyclic) bond motifs is 1. The number of hydrogen-bond donors (Lipinski definition) is 0. The number of nitrogens with zero attached hydrogens (tertiary/aromatic N) is 1. The molecule has 0 unspecified atom stereocenters. The summed E-state index contributed by atoms with van der Waals surface area (Å²) in [6.45, 7) is 4.12. The number of sulfonamides is 1. The number of unbranched alkanes of at least 4 members (excludes halogenated alkanes) is 3. The van der Waals surface area contributed by atoms with Gasteiger partial charge < -0.3 is 4.42 Å². The van der Waals surface area contributed by atoms with E-state index in [2.05, 4.69) is 6.92 Å². The molecule has 1 heterocycles. The van der Waals surface area contributed by atoms with E-state index in [1.807, 2.05) is 49.4 Å². The third-order valence-corrected chi connectivity index (χ3v) is 7.95. The summed E-state index contributed by atoms with van der Waals surface area (Å²) in [4.78, 5) is 13.2. The van der Waals surface area contributed by atoms with E-state index in [4.69, 9.17) is 4.42 Å². The van der Waals surface area contributed by atoms with Gasteiger partial charge in [0.05, 0.1) is 16.8 Å². The Morgan fingerprint density at radius 3 is 2.14 bits per heavy atom. The van der Waals surface area contributed by atoms with Crippen LogP contribution in [0, 0.1) is 6.92 Å². The van der Waals surface area contributed by atoms with E-state index in [1.54, 1.807) is 36.4 Å². The maximum absolute atomic E-state index is 14.0. The zero-order valence-corrected chi connectivity index (χ0v) is 21.1. The summed E-state index contributed by atoms with van der Waals surface area (Å²) in [6, 6.07) is 23.4. The first-order chi connectivity index (χ1) is 16.9. The van der Waals surface area contributed by atoms with E-state index in [9.17, 15) is 13.2 Å². The van der Waals surface area contributed by atoms with Gasteiger partial charge in [-0.1, -0.05) is 92.4 Å². The lowest BCUT2D eigenvalue weighted by Crippen LogP contribution is -2.32. The molecule has 0 aliphatic heterocycles. The molecular formula is C29H31NO4S. The van der Waals surface area contributed by atoms with Crippen molar-refractivity contribution in [1.29, 1.82) is 0 Å². The predicted molar refractivity (Wildman–Crippen MR) is 141 cm³/mol. The molecular weight excluding hydrogens is 458 g/mol. The van der Waals surface area contributed by atoms with Crippen molar-refractivity contribution in [3.05, 3.63) is 106 Å². The van der Waals surface area contributed by atoms with Crippen molar-refractivity contribution in [1.82, 2.24) is 0 Å². The van der Waals surface area contributed by atoms with Crippen LogP contribution in [0.4, 0.5) is 5.88 Å². The summed E-state index contributed by atoms with van der Waals surface area (Å²) in [5, 5.41) is 1.21. The fourth-order valence-electron chi connectivity index (χ4n) is 4.27. The minimum atomic E-state index is -4.01. The number of rotatable bonds is 10. The molecule has 0 N–H and O–H groups in total. The molecule has 4 aromatic rings. The van der Waals surface area contributed by atoms with Gasteiger partial charge in [0, 0.05) is 5.56 Å². The minimum absolute atomic E-state index is 0.0558. The monoisotopic (exact) mass is 489 g/mol. The summed E-state index contributed by atoms with van der Waals surface area (Å²) in [6.07, 6.45) is 4.71. The van der Waals surface area contributed by atoms with Gasteiger partial charge in [0.15, 0.2) is 0 Å². The average Bonchev–Trinajstić information content (AvgIpc) is 2.87. The van der Waals surface area contributed by atoms with Crippen LogP contribution >= 0.6 is 0 Å². The standard InChI is InChI=1S/C29H31NO4S/c1-3-4-5-9-15-26-25-14-10-11-16-27(25)29(31)34-28(26)30(21-23-12-7-6-8-13-23)35(32,33)24-19-17-22(2)18-20-24/h6-8,10-14,16-20H,3-5,9,15,21H2,1-2H3. The van der Waals surface area contributed by atoms with Gasteiger partial charge in [-0.3, -0.25) is 0 Å². The molecule has 5 nitrogen and oxygen atoms in total. The first-order valence-corrected chi connectivity index (χ1v) is 13.5. The van der Waals surface area contributed by atoms with Crippen molar-refractivity contribution in [3.63, 3.8) is 0 Å². The molecule has 1 aromatic heterocycles. The molecule has 0 aliphatic rings. The summed E-state index contributed by atoms with van der Waals surface area (Å²) < 4.78 is 35.1. The van der Waals surface area contributed by atoms with Crippen LogP contribution in [0.2, 0.25) is 0 Å². The van der Waals surface area contributed by atoms with Crippen LogP contribution in [-0.2, 0) is 23.0 Å². The maximum atomic E-state index is 14.0.